The van der Waals surface area contributed by atoms with Gasteiger partial charge in [0.1, 0.15) is 5.01 Å². The summed E-state index contributed by atoms with van der Waals surface area (Å²) in [7, 11) is 0. The molecule has 4 aliphatic rings. The number of rotatable bonds is 2. The van der Waals surface area contributed by atoms with Crippen LogP contribution in [0.25, 0.3) is 16.3 Å². The van der Waals surface area contributed by atoms with Crippen LogP contribution < -0.4 is 0 Å². The van der Waals surface area contributed by atoms with Crippen molar-refractivity contribution in [3.63, 3.8) is 0 Å². The Balaban J connectivity index is 1.45. The molecule has 4 aliphatic carbocycles. The zero-order chi connectivity index (χ0) is 16.6. The second kappa shape index (κ2) is 5.04. The Morgan fingerprint density at radius 3 is 2.24 bits per heavy atom. The smallest absolute Gasteiger partial charge is 0.183 e. The Bertz CT molecular complexity index is 922. The maximum atomic E-state index is 6.02. The second-order valence-corrected chi connectivity index (χ2v) is 9.72. The van der Waals surface area contributed by atoms with Gasteiger partial charge in [-0.25, -0.2) is 0 Å². The number of aromatic nitrogens is 4. The first-order valence-corrected chi connectivity index (χ1v) is 10.4. The van der Waals surface area contributed by atoms with E-state index in [0.29, 0.717) is 5.41 Å². The summed E-state index contributed by atoms with van der Waals surface area (Å²) in [5.74, 6) is 3.60. The molecule has 3 aromatic rings. The highest BCUT2D eigenvalue weighted by Gasteiger charge is 2.53. The fourth-order valence-electron chi connectivity index (χ4n) is 5.98. The van der Waals surface area contributed by atoms with Crippen LogP contribution in [0, 0.1) is 17.8 Å². The van der Waals surface area contributed by atoms with Crippen LogP contribution in [0.3, 0.4) is 0 Å². The van der Waals surface area contributed by atoms with Gasteiger partial charge in [-0.2, -0.15) is 9.61 Å². The van der Waals surface area contributed by atoms with Crippen LogP contribution >= 0.6 is 22.9 Å². The van der Waals surface area contributed by atoms with E-state index in [-0.39, 0.29) is 0 Å². The van der Waals surface area contributed by atoms with Crippen LogP contribution in [0.4, 0.5) is 0 Å². The lowest BCUT2D eigenvalue weighted by atomic mass is 9.50. The summed E-state index contributed by atoms with van der Waals surface area (Å²) < 4.78 is 1.95. The molecule has 0 atom stereocenters. The summed E-state index contributed by atoms with van der Waals surface area (Å²) in [4.78, 5) is 0.913. The van der Waals surface area contributed by atoms with E-state index in [9.17, 15) is 0 Å². The van der Waals surface area contributed by atoms with Crippen LogP contribution in [-0.4, -0.2) is 19.8 Å². The molecule has 0 unspecified atom stereocenters. The summed E-state index contributed by atoms with van der Waals surface area (Å²) in [6.45, 7) is 0. The molecule has 4 bridgehead atoms. The van der Waals surface area contributed by atoms with E-state index in [1.54, 1.807) is 11.3 Å². The van der Waals surface area contributed by atoms with E-state index in [4.69, 9.17) is 16.7 Å². The molecule has 2 heterocycles. The lowest BCUT2D eigenvalue weighted by Crippen LogP contribution is -2.48. The molecule has 0 aliphatic heterocycles. The number of nitrogens with zero attached hydrogens (tertiary/aromatic N) is 4. The molecule has 25 heavy (non-hydrogen) atoms. The number of benzene rings is 1. The van der Waals surface area contributed by atoms with Gasteiger partial charge in [-0.3, -0.25) is 0 Å². The molecule has 0 N–H and O–H groups in total. The van der Waals surface area contributed by atoms with E-state index >= 15 is 0 Å². The lowest BCUT2D eigenvalue weighted by Gasteiger charge is -2.55. The minimum absolute atomic E-state index is 0.317. The normalized spacial score (nSPS) is 33.4. The average Bonchev–Trinajstić information content (AvgIpc) is 3.15. The van der Waals surface area contributed by atoms with Crippen LogP contribution in [0.5, 0.6) is 0 Å². The highest BCUT2D eigenvalue weighted by atomic mass is 35.5. The van der Waals surface area contributed by atoms with Gasteiger partial charge in [0.25, 0.3) is 0 Å². The van der Waals surface area contributed by atoms with E-state index in [1.807, 2.05) is 28.8 Å². The van der Waals surface area contributed by atoms with Crippen LogP contribution in [0.15, 0.2) is 24.3 Å². The first-order valence-electron chi connectivity index (χ1n) is 9.17. The van der Waals surface area contributed by atoms with E-state index in [2.05, 4.69) is 10.2 Å². The third kappa shape index (κ3) is 2.15. The third-order valence-electron chi connectivity index (χ3n) is 6.59. The van der Waals surface area contributed by atoms with Crippen molar-refractivity contribution in [2.75, 3.05) is 0 Å². The fourth-order valence-corrected chi connectivity index (χ4v) is 7.17. The summed E-state index contributed by atoms with van der Waals surface area (Å²) >= 11 is 7.77. The number of fused-ring (bicyclic) bond motifs is 1. The highest BCUT2D eigenvalue weighted by Crippen LogP contribution is 2.61. The SMILES string of the molecule is Clc1ccc(-c2nnc3sc(C45CC6CC(CC(C6)C4)C5)nn23)cc1. The van der Waals surface area contributed by atoms with E-state index in [0.717, 1.165) is 39.1 Å². The standard InChI is InChI=1S/C19H19ClN4S/c20-15-3-1-14(2-4-15)16-21-22-18-24(16)23-17(25-18)19-8-11-5-12(9-19)7-13(6-11)10-19/h1-4,11-13H,5-10H2. The predicted octanol–water partition coefficient (Wildman–Crippen LogP) is 4.97. The largest absolute Gasteiger partial charge is 0.234 e. The van der Waals surface area contributed by atoms with Crippen molar-refractivity contribution in [1.82, 2.24) is 19.8 Å². The first-order chi connectivity index (χ1) is 12.2. The molecule has 0 saturated heterocycles. The van der Waals surface area contributed by atoms with Crippen molar-refractivity contribution in [2.45, 2.75) is 43.9 Å². The minimum Gasteiger partial charge on any atom is -0.183 e. The molecule has 128 valence electrons. The van der Waals surface area contributed by atoms with Crippen molar-refractivity contribution in [2.24, 2.45) is 17.8 Å². The Labute approximate surface area is 155 Å². The zero-order valence-electron chi connectivity index (χ0n) is 13.9. The molecular weight excluding hydrogens is 352 g/mol. The second-order valence-electron chi connectivity index (χ2n) is 8.33. The van der Waals surface area contributed by atoms with Crippen molar-refractivity contribution in [3.8, 4) is 11.4 Å². The molecule has 2 aromatic heterocycles. The van der Waals surface area contributed by atoms with Gasteiger partial charge in [0, 0.05) is 16.0 Å². The quantitative estimate of drug-likeness (QED) is 0.639. The Morgan fingerprint density at radius 1 is 0.960 bits per heavy atom. The van der Waals surface area contributed by atoms with Gasteiger partial charge >= 0.3 is 0 Å². The molecular formula is C19H19ClN4S. The van der Waals surface area contributed by atoms with Crippen molar-refractivity contribution in [3.05, 3.63) is 34.3 Å². The molecule has 7 rings (SSSR count). The Morgan fingerprint density at radius 2 is 1.60 bits per heavy atom. The monoisotopic (exact) mass is 370 g/mol. The maximum absolute atomic E-state index is 6.02. The van der Waals surface area contributed by atoms with Crippen molar-refractivity contribution < 1.29 is 0 Å². The zero-order valence-corrected chi connectivity index (χ0v) is 15.4. The van der Waals surface area contributed by atoms with Gasteiger partial charge in [-0.15, -0.1) is 10.2 Å². The number of hydrogen-bond donors (Lipinski definition) is 0. The van der Waals surface area contributed by atoms with Crippen molar-refractivity contribution >= 4 is 27.9 Å². The van der Waals surface area contributed by atoms with Gasteiger partial charge in [0.2, 0.25) is 4.96 Å². The first kappa shape index (κ1) is 14.7. The maximum Gasteiger partial charge on any atom is 0.234 e. The van der Waals surface area contributed by atoms with Gasteiger partial charge in [0.05, 0.1) is 0 Å². The van der Waals surface area contributed by atoms with Crippen molar-refractivity contribution in [1.29, 1.82) is 0 Å². The Hall–Kier alpha value is -1.46. The van der Waals surface area contributed by atoms with E-state index < -0.39 is 0 Å². The average molecular weight is 371 g/mol. The molecule has 0 radical (unpaired) electrons. The molecule has 0 spiro atoms. The third-order valence-corrected chi connectivity index (χ3v) is 7.98. The van der Waals surface area contributed by atoms with Crippen LogP contribution in [-0.2, 0) is 5.41 Å². The molecule has 0 amide bonds. The van der Waals surface area contributed by atoms with Crippen LogP contribution in [0.2, 0.25) is 5.02 Å². The van der Waals surface area contributed by atoms with E-state index in [1.165, 1.54) is 43.5 Å². The molecule has 4 saturated carbocycles. The summed E-state index contributed by atoms with van der Waals surface area (Å²) in [5, 5.41) is 15.8. The minimum atomic E-state index is 0.317. The summed E-state index contributed by atoms with van der Waals surface area (Å²) in [6, 6.07) is 7.76. The lowest BCUT2D eigenvalue weighted by molar-refractivity contribution is -0.00565. The number of hydrogen-bond acceptors (Lipinski definition) is 4. The fraction of sp³-hybridized carbons (Fsp3) is 0.526. The summed E-state index contributed by atoms with van der Waals surface area (Å²) in [5.41, 5.74) is 1.33. The molecule has 1 aromatic carbocycles. The van der Waals surface area contributed by atoms with Gasteiger partial charge < -0.3 is 0 Å². The molecule has 6 heteroatoms. The number of halogens is 1. The van der Waals surface area contributed by atoms with Gasteiger partial charge in [-0.1, -0.05) is 22.9 Å². The van der Waals surface area contributed by atoms with Crippen LogP contribution in [0.1, 0.15) is 43.5 Å². The molecule has 4 nitrogen and oxygen atoms in total. The molecule has 4 fully saturated rings. The Kier molecular flexibility index (Phi) is 2.96. The predicted molar refractivity (Wildman–Crippen MR) is 99.0 cm³/mol. The summed E-state index contributed by atoms with van der Waals surface area (Å²) in [6.07, 6.45) is 8.37. The highest BCUT2D eigenvalue weighted by molar-refractivity contribution is 7.16. The topological polar surface area (TPSA) is 43.1 Å². The van der Waals surface area contributed by atoms with Gasteiger partial charge in [0.15, 0.2) is 5.82 Å². The van der Waals surface area contributed by atoms with Gasteiger partial charge in [-0.05, 0) is 80.5 Å².